The Bertz CT molecular complexity index is 407. The van der Waals surface area contributed by atoms with Crippen LogP contribution in [0.2, 0.25) is 5.02 Å². The molecule has 0 spiro atoms. The predicted molar refractivity (Wildman–Crippen MR) is 70.1 cm³/mol. The van der Waals surface area contributed by atoms with Crippen LogP contribution in [0.15, 0.2) is 16.6 Å². The van der Waals surface area contributed by atoms with Crippen LogP contribution in [0.5, 0.6) is 5.75 Å². The van der Waals surface area contributed by atoms with Crippen molar-refractivity contribution in [2.24, 2.45) is 5.41 Å². The van der Waals surface area contributed by atoms with Gasteiger partial charge in [0, 0.05) is 16.8 Å². The third-order valence-electron chi connectivity index (χ3n) is 2.75. The molecule has 0 radical (unpaired) electrons. The second-order valence-corrected chi connectivity index (χ2v) is 5.94. The molecule has 1 fully saturated rings. The number of alkyl halides is 1. The molecular formula is C11H10Br2ClFO. The molecule has 1 aliphatic carbocycles. The van der Waals surface area contributed by atoms with Gasteiger partial charge in [-0.1, -0.05) is 27.5 Å². The molecule has 0 heterocycles. The van der Waals surface area contributed by atoms with Gasteiger partial charge in [0.05, 0.1) is 16.1 Å². The Morgan fingerprint density at radius 1 is 1.44 bits per heavy atom. The van der Waals surface area contributed by atoms with Crippen LogP contribution in [-0.2, 0) is 0 Å². The minimum absolute atomic E-state index is 0.0980. The molecule has 1 aromatic carbocycles. The minimum atomic E-state index is -0.455. The van der Waals surface area contributed by atoms with E-state index in [0.29, 0.717) is 16.8 Å². The standard InChI is InChI=1S/C11H10Br2ClFO/c12-5-11(1-2-11)6-16-10-4-9(15)8(14)3-7(10)13/h3-4H,1-2,5-6H2. The van der Waals surface area contributed by atoms with Crippen molar-refractivity contribution in [3.63, 3.8) is 0 Å². The molecule has 0 aliphatic heterocycles. The summed E-state index contributed by atoms with van der Waals surface area (Å²) in [5, 5.41) is 1.02. The Balaban J connectivity index is 2.07. The SMILES string of the molecule is Fc1cc(OCC2(CBr)CC2)c(Br)cc1Cl. The van der Waals surface area contributed by atoms with Crippen molar-refractivity contribution >= 4 is 43.5 Å². The fourth-order valence-electron chi connectivity index (χ4n) is 1.34. The van der Waals surface area contributed by atoms with Crippen molar-refractivity contribution in [1.82, 2.24) is 0 Å². The van der Waals surface area contributed by atoms with Crippen LogP contribution >= 0.6 is 43.5 Å². The molecular weight excluding hydrogens is 362 g/mol. The summed E-state index contributed by atoms with van der Waals surface area (Å²) in [7, 11) is 0. The molecule has 2 rings (SSSR count). The number of halogens is 4. The number of ether oxygens (including phenoxy) is 1. The molecule has 1 aromatic rings. The Kier molecular flexibility index (Phi) is 3.82. The minimum Gasteiger partial charge on any atom is -0.492 e. The summed E-state index contributed by atoms with van der Waals surface area (Å²) in [6, 6.07) is 2.83. The van der Waals surface area contributed by atoms with Crippen LogP contribution in [0.4, 0.5) is 4.39 Å². The molecule has 0 unspecified atom stereocenters. The van der Waals surface area contributed by atoms with Gasteiger partial charge >= 0.3 is 0 Å². The summed E-state index contributed by atoms with van der Waals surface area (Å²) in [5.74, 6) is 0.0534. The maximum Gasteiger partial charge on any atom is 0.145 e. The lowest BCUT2D eigenvalue weighted by Gasteiger charge is -2.14. The first-order chi connectivity index (χ1) is 7.56. The smallest absolute Gasteiger partial charge is 0.145 e. The van der Waals surface area contributed by atoms with E-state index < -0.39 is 5.82 Å². The maximum atomic E-state index is 13.2. The highest BCUT2D eigenvalue weighted by Crippen LogP contribution is 2.47. The molecule has 1 aliphatic rings. The van der Waals surface area contributed by atoms with Gasteiger partial charge in [0.1, 0.15) is 11.6 Å². The van der Waals surface area contributed by atoms with Crippen molar-refractivity contribution in [1.29, 1.82) is 0 Å². The van der Waals surface area contributed by atoms with Crippen molar-refractivity contribution in [3.8, 4) is 5.75 Å². The first-order valence-electron chi connectivity index (χ1n) is 4.90. The summed E-state index contributed by atoms with van der Waals surface area (Å²) in [4.78, 5) is 0. The van der Waals surface area contributed by atoms with E-state index in [1.54, 1.807) is 0 Å². The van der Waals surface area contributed by atoms with E-state index in [-0.39, 0.29) is 10.4 Å². The van der Waals surface area contributed by atoms with Gasteiger partial charge in [-0.2, -0.15) is 0 Å². The van der Waals surface area contributed by atoms with Crippen molar-refractivity contribution in [2.75, 3.05) is 11.9 Å². The molecule has 1 saturated carbocycles. The monoisotopic (exact) mass is 370 g/mol. The average molecular weight is 372 g/mol. The zero-order valence-electron chi connectivity index (χ0n) is 8.40. The molecule has 88 valence electrons. The Morgan fingerprint density at radius 3 is 2.69 bits per heavy atom. The van der Waals surface area contributed by atoms with Crippen LogP contribution in [-0.4, -0.2) is 11.9 Å². The van der Waals surface area contributed by atoms with E-state index in [1.807, 2.05) is 0 Å². The van der Waals surface area contributed by atoms with E-state index in [2.05, 4.69) is 31.9 Å². The number of hydrogen-bond acceptors (Lipinski definition) is 1. The number of benzene rings is 1. The molecule has 0 amide bonds. The predicted octanol–water partition coefficient (Wildman–Crippen LogP) is 4.80. The molecule has 0 bridgehead atoms. The molecule has 0 saturated heterocycles. The van der Waals surface area contributed by atoms with Crippen LogP contribution in [0, 0.1) is 11.2 Å². The fraction of sp³-hybridized carbons (Fsp3) is 0.455. The van der Waals surface area contributed by atoms with Crippen LogP contribution < -0.4 is 4.74 Å². The number of rotatable bonds is 4. The van der Waals surface area contributed by atoms with Crippen molar-refractivity contribution in [3.05, 3.63) is 27.4 Å². The summed E-state index contributed by atoms with van der Waals surface area (Å²) in [6.07, 6.45) is 2.32. The quantitative estimate of drug-likeness (QED) is 0.545. The summed E-state index contributed by atoms with van der Waals surface area (Å²) in [5.41, 5.74) is 0.246. The largest absolute Gasteiger partial charge is 0.492 e. The van der Waals surface area contributed by atoms with E-state index in [9.17, 15) is 4.39 Å². The molecule has 0 N–H and O–H groups in total. The highest BCUT2D eigenvalue weighted by atomic mass is 79.9. The highest BCUT2D eigenvalue weighted by Gasteiger charge is 2.42. The fourth-order valence-corrected chi connectivity index (χ4v) is 2.81. The van der Waals surface area contributed by atoms with Gasteiger partial charge in [-0.25, -0.2) is 4.39 Å². The van der Waals surface area contributed by atoms with Gasteiger partial charge in [-0.05, 0) is 34.8 Å². The van der Waals surface area contributed by atoms with Crippen LogP contribution in [0.25, 0.3) is 0 Å². The lowest BCUT2D eigenvalue weighted by atomic mass is 10.2. The molecule has 0 aromatic heterocycles. The van der Waals surface area contributed by atoms with Crippen LogP contribution in [0.1, 0.15) is 12.8 Å². The summed E-state index contributed by atoms with van der Waals surface area (Å²) >= 11 is 12.4. The lowest BCUT2D eigenvalue weighted by Crippen LogP contribution is -2.14. The average Bonchev–Trinajstić information content (AvgIpc) is 3.02. The number of hydrogen-bond donors (Lipinski definition) is 0. The lowest BCUT2D eigenvalue weighted by molar-refractivity contribution is 0.249. The van der Waals surface area contributed by atoms with Crippen LogP contribution in [0.3, 0.4) is 0 Å². The first kappa shape index (κ1) is 12.7. The van der Waals surface area contributed by atoms with Gasteiger partial charge < -0.3 is 4.74 Å². The Hall–Kier alpha value is 0.200. The third-order valence-corrected chi connectivity index (χ3v) is 4.85. The zero-order chi connectivity index (χ0) is 11.8. The molecule has 1 nitrogen and oxygen atoms in total. The zero-order valence-corrected chi connectivity index (χ0v) is 12.3. The van der Waals surface area contributed by atoms with Gasteiger partial charge in [-0.3, -0.25) is 0 Å². The van der Waals surface area contributed by atoms with Crippen molar-refractivity contribution < 1.29 is 9.13 Å². The first-order valence-corrected chi connectivity index (χ1v) is 7.19. The Morgan fingerprint density at radius 2 is 2.12 bits per heavy atom. The van der Waals surface area contributed by atoms with E-state index >= 15 is 0 Å². The van der Waals surface area contributed by atoms with Gasteiger partial charge in [0.15, 0.2) is 0 Å². The highest BCUT2D eigenvalue weighted by molar-refractivity contribution is 9.10. The second-order valence-electron chi connectivity index (χ2n) is 4.12. The van der Waals surface area contributed by atoms with Gasteiger partial charge in [-0.15, -0.1) is 0 Å². The maximum absolute atomic E-state index is 13.2. The Labute approximate surface area is 116 Å². The van der Waals surface area contributed by atoms with E-state index in [1.165, 1.54) is 12.1 Å². The topological polar surface area (TPSA) is 9.23 Å². The summed E-state index contributed by atoms with van der Waals surface area (Å²) < 4.78 is 19.5. The normalized spacial score (nSPS) is 17.2. The van der Waals surface area contributed by atoms with Gasteiger partial charge in [0.2, 0.25) is 0 Å². The second kappa shape index (κ2) is 4.83. The van der Waals surface area contributed by atoms with E-state index in [0.717, 1.165) is 18.2 Å². The molecule has 5 heteroatoms. The molecule has 16 heavy (non-hydrogen) atoms. The van der Waals surface area contributed by atoms with E-state index in [4.69, 9.17) is 16.3 Å². The summed E-state index contributed by atoms with van der Waals surface area (Å²) in [6.45, 7) is 0.609. The third kappa shape index (κ3) is 2.71. The van der Waals surface area contributed by atoms with Crippen molar-refractivity contribution in [2.45, 2.75) is 12.8 Å². The molecule has 0 atom stereocenters. The van der Waals surface area contributed by atoms with Gasteiger partial charge in [0.25, 0.3) is 0 Å².